The summed E-state index contributed by atoms with van der Waals surface area (Å²) in [5.41, 5.74) is 0.877. The molecule has 0 amide bonds. The maximum atomic E-state index is 6.00. The fourth-order valence-corrected chi connectivity index (χ4v) is 2.98. The van der Waals surface area contributed by atoms with Crippen LogP contribution in [0.2, 0.25) is 10.0 Å². The average molecular weight is 317 g/mol. The standard InChI is InChI=1S/C14H18Cl2N2S/c1-18(11-5-3-2-4-6-11)14(19)17-10-7-8-12(15)13(16)9-10/h7-9,11H,2-6H2,1H3,(H,17,19). The molecule has 1 aliphatic carbocycles. The maximum Gasteiger partial charge on any atom is 0.173 e. The number of benzene rings is 1. The largest absolute Gasteiger partial charge is 0.349 e. The zero-order valence-corrected chi connectivity index (χ0v) is 13.3. The Balaban J connectivity index is 1.97. The molecule has 0 radical (unpaired) electrons. The summed E-state index contributed by atoms with van der Waals surface area (Å²) in [6.45, 7) is 0. The number of rotatable bonds is 2. The second kappa shape index (κ2) is 6.78. The number of thiocarbonyl (C=S) groups is 1. The molecule has 1 aromatic rings. The summed E-state index contributed by atoms with van der Waals surface area (Å²) >= 11 is 17.3. The molecule has 0 aliphatic heterocycles. The van der Waals surface area contributed by atoms with Gasteiger partial charge >= 0.3 is 0 Å². The third-order valence-corrected chi connectivity index (χ3v) is 4.74. The van der Waals surface area contributed by atoms with Gasteiger partial charge in [0.05, 0.1) is 10.0 Å². The van der Waals surface area contributed by atoms with Crippen LogP contribution >= 0.6 is 35.4 Å². The summed E-state index contributed by atoms with van der Waals surface area (Å²) in [6, 6.07) is 6.01. The van der Waals surface area contributed by atoms with Crippen molar-refractivity contribution >= 4 is 46.2 Å². The molecule has 0 bridgehead atoms. The molecule has 0 saturated heterocycles. The normalized spacial score (nSPS) is 16.2. The van der Waals surface area contributed by atoms with Gasteiger partial charge in [-0.05, 0) is 43.3 Å². The van der Waals surface area contributed by atoms with Crippen LogP contribution in [0.3, 0.4) is 0 Å². The number of anilines is 1. The molecule has 5 heteroatoms. The quantitative estimate of drug-likeness (QED) is 0.777. The Morgan fingerprint density at radius 2 is 1.89 bits per heavy atom. The topological polar surface area (TPSA) is 15.3 Å². The molecule has 0 aromatic heterocycles. The van der Waals surface area contributed by atoms with Gasteiger partial charge in [-0.3, -0.25) is 0 Å². The Morgan fingerprint density at radius 3 is 2.53 bits per heavy atom. The molecule has 104 valence electrons. The molecule has 1 N–H and O–H groups in total. The minimum absolute atomic E-state index is 0.537. The third kappa shape index (κ3) is 3.98. The maximum absolute atomic E-state index is 6.00. The van der Waals surface area contributed by atoms with E-state index in [1.54, 1.807) is 12.1 Å². The highest BCUT2D eigenvalue weighted by Crippen LogP contribution is 2.26. The number of halogens is 2. The minimum Gasteiger partial charge on any atom is -0.349 e. The highest BCUT2D eigenvalue weighted by atomic mass is 35.5. The molecule has 1 fully saturated rings. The van der Waals surface area contributed by atoms with Gasteiger partial charge in [-0.2, -0.15) is 0 Å². The van der Waals surface area contributed by atoms with Crippen LogP contribution in [0.5, 0.6) is 0 Å². The number of nitrogens with zero attached hydrogens (tertiary/aromatic N) is 1. The SMILES string of the molecule is CN(C(=S)Nc1ccc(Cl)c(Cl)c1)C1CCCCC1. The number of nitrogens with one attached hydrogen (secondary N) is 1. The summed E-state index contributed by atoms with van der Waals surface area (Å²) in [5.74, 6) is 0. The van der Waals surface area contributed by atoms with Crippen LogP contribution in [0.4, 0.5) is 5.69 Å². The Hall–Kier alpha value is -0.510. The highest BCUT2D eigenvalue weighted by molar-refractivity contribution is 7.80. The van der Waals surface area contributed by atoms with Crippen LogP contribution in [0.1, 0.15) is 32.1 Å². The van der Waals surface area contributed by atoms with Crippen LogP contribution in [0.25, 0.3) is 0 Å². The van der Waals surface area contributed by atoms with E-state index < -0.39 is 0 Å². The van der Waals surface area contributed by atoms with Crippen molar-refractivity contribution < 1.29 is 0 Å². The average Bonchev–Trinajstić information content (AvgIpc) is 2.43. The molecule has 0 spiro atoms. The first-order chi connectivity index (χ1) is 9.08. The fraction of sp³-hybridized carbons (Fsp3) is 0.500. The van der Waals surface area contributed by atoms with E-state index in [-0.39, 0.29) is 0 Å². The van der Waals surface area contributed by atoms with E-state index >= 15 is 0 Å². The predicted octanol–water partition coefficient (Wildman–Crippen LogP) is 4.95. The van der Waals surface area contributed by atoms with Gasteiger partial charge in [0.25, 0.3) is 0 Å². The molecule has 0 atom stereocenters. The molecule has 1 aromatic carbocycles. The molecule has 1 saturated carbocycles. The smallest absolute Gasteiger partial charge is 0.173 e. The van der Waals surface area contributed by atoms with Crippen LogP contribution in [-0.4, -0.2) is 23.1 Å². The second-order valence-electron chi connectivity index (χ2n) is 4.96. The second-order valence-corrected chi connectivity index (χ2v) is 6.16. The van der Waals surface area contributed by atoms with Gasteiger partial charge in [0, 0.05) is 18.8 Å². The van der Waals surface area contributed by atoms with Gasteiger partial charge in [0.15, 0.2) is 5.11 Å². The van der Waals surface area contributed by atoms with Crippen molar-refractivity contribution in [1.82, 2.24) is 4.90 Å². The van der Waals surface area contributed by atoms with Crippen molar-refractivity contribution in [3.05, 3.63) is 28.2 Å². The molecular formula is C14H18Cl2N2S. The number of hydrogen-bond acceptors (Lipinski definition) is 1. The Bertz CT molecular complexity index is 459. The highest BCUT2D eigenvalue weighted by Gasteiger charge is 2.19. The first-order valence-corrected chi connectivity index (χ1v) is 7.73. The Kier molecular flexibility index (Phi) is 5.31. The summed E-state index contributed by atoms with van der Waals surface area (Å²) in [6.07, 6.45) is 6.38. The molecule has 19 heavy (non-hydrogen) atoms. The molecule has 1 aliphatic rings. The van der Waals surface area contributed by atoms with E-state index in [4.69, 9.17) is 35.4 Å². The van der Waals surface area contributed by atoms with Gasteiger partial charge < -0.3 is 10.2 Å². The van der Waals surface area contributed by atoms with Crippen molar-refractivity contribution in [2.45, 2.75) is 38.1 Å². The molecule has 2 rings (SSSR count). The minimum atomic E-state index is 0.537. The lowest BCUT2D eigenvalue weighted by atomic mass is 9.95. The lowest BCUT2D eigenvalue weighted by Gasteiger charge is -2.33. The fourth-order valence-electron chi connectivity index (χ4n) is 2.42. The van der Waals surface area contributed by atoms with E-state index in [2.05, 4.69) is 17.3 Å². The summed E-state index contributed by atoms with van der Waals surface area (Å²) < 4.78 is 0. The van der Waals surface area contributed by atoms with Crippen molar-refractivity contribution in [3.8, 4) is 0 Å². The lowest BCUT2D eigenvalue weighted by molar-refractivity contribution is 0.281. The summed E-state index contributed by atoms with van der Waals surface area (Å²) in [7, 11) is 2.06. The van der Waals surface area contributed by atoms with Crippen LogP contribution < -0.4 is 5.32 Å². The lowest BCUT2D eigenvalue weighted by Crippen LogP contribution is -2.40. The predicted molar refractivity (Wildman–Crippen MR) is 87.3 cm³/mol. The van der Waals surface area contributed by atoms with Crippen molar-refractivity contribution in [2.24, 2.45) is 0 Å². The first kappa shape index (κ1) is 14.9. The first-order valence-electron chi connectivity index (χ1n) is 6.57. The Labute approximate surface area is 130 Å². The van der Waals surface area contributed by atoms with E-state index in [1.807, 2.05) is 6.07 Å². The van der Waals surface area contributed by atoms with Crippen LogP contribution in [0, 0.1) is 0 Å². The third-order valence-electron chi connectivity index (χ3n) is 3.61. The van der Waals surface area contributed by atoms with Crippen molar-refractivity contribution in [2.75, 3.05) is 12.4 Å². The number of hydrogen-bond donors (Lipinski definition) is 1. The van der Waals surface area contributed by atoms with E-state index in [0.29, 0.717) is 16.1 Å². The van der Waals surface area contributed by atoms with Gasteiger partial charge in [-0.1, -0.05) is 42.5 Å². The Morgan fingerprint density at radius 1 is 1.21 bits per heavy atom. The molecular weight excluding hydrogens is 299 g/mol. The van der Waals surface area contributed by atoms with Crippen molar-refractivity contribution in [1.29, 1.82) is 0 Å². The zero-order chi connectivity index (χ0) is 13.8. The van der Waals surface area contributed by atoms with Gasteiger partial charge in [-0.25, -0.2) is 0 Å². The molecule has 0 unspecified atom stereocenters. The van der Waals surface area contributed by atoms with Crippen molar-refractivity contribution in [3.63, 3.8) is 0 Å². The molecule has 2 nitrogen and oxygen atoms in total. The van der Waals surface area contributed by atoms with Gasteiger partial charge in [-0.15, -0.1) is 0 Å². The summed E-state index contributed by atoms with van der Waals surface area (Å²) in [4.78, 5) is 2.16. The molecule has 0 heterocycles. The zero-order valence-electron chi connectivity index (χ0n) is 11.0. The van der Waals surface area contributed by atoms with Crippen LogP contribution in [0.15, 0.2) is 18.2 Å². The van der Waals surface area contributed by atoms with E-state index in [9.17, 15) is 0 Å². The van der Waals surface area contributed by atoms with Crippen LogP contribution in [-0.2, 0) is 0 Å². The van der Waals surface area contributed by atoms with E-state index in [1.165, 1.54) is 32.1 Å². The van der Waals surface area contributed by atoms with E-state index in [0.717, 1.165) is 10.8 Å². The van der Waals surface area contributed by atoms with Gasteiger partial charge in [0.2, 0.25) is 0 Å². The van der Waals surface area contributed by atoms with Gasteiger partial charge in [0.1, 0.15) is 0 Å². The monoisotopic (exact) mass is 316 g/mol. The summed E-state index contributed by atoms with van der Waals surface area (Å²) in [5, 5.41) is 5.05.